The molecule has 0 saturated heterocycles. The van der Waals surface area contributed by atoms with Gasteiger partial charge in [0.05, 0.1) is 17.4 Å². The number of hydrogen-bond acceptors (Lipinski definition) is 2. The van der Waals surface area contributed by atoms with Crippen LogP contribution in [0.15, 0.2) is 30.3 Å². The van der Waals surface area contributed by atoms with Crippen molar-refractivity contribution in [3.63, 3.8) is 0 Å². The second kappa shape index (κ2) is 2.94. The average Bonchev–Trinajstić information content (AvgIpc) is 2.47. The van der Waals surface area contributed by atoms with Gasteiger partial charge in [-0.15, -0.1) is 0 Å². The van der Waals surface area contributed by atoms with E-state index < -0.39 is 0 Å². The molecule has 65 valence electrons. The smallest absolute Gasteiger partial charge is 0.135 e. The van der Waals surface area contributed by atoms with Crippen LogP contribution >= 0.6 is 0 Å². The molecular weight excluding hydrogens is 162 g/mol. The average molecular weight is 172 g/mol. The summed E-state index contributed by atoms with van der Waals surface area (Å²) >= 11 is 0. The number of rotatable bonds is 1. The van der Waals surface area contributed by atoms with Crippen LogP contribution in [-0.2, 0) is 0 Å². The summed E-state index contributed by atoms with van der Waals surface area (Å²) in [7, 11) is 0. The van der Waals surface area contributed by atoms with Crippen molar-refractivity contribution in [1.29, 1.82) is 0 Å². The van der Waals surface area contributed by atoms with Crippen molar-refractivity contribution in [3.05, 3.63) is 42.1 Å². The molecule has 3 heteroatoms. The van der Waals surface area contributed by atoms with E-state index in [0.29, 0.717) is 5.82 Å². The van der Waals surface area contributed by atoms with Gasteiger partial charge in [0, 0.05) is 0 Å². The summed E-state index contributed by atoms with van der Waals surface area (Å²) in [6.45, 7) is 1.87. The van der Waals surface area contributed by atoms with Gasteiger partial charge in [-0.05, 0) is 19.1 Å². The predicted octanol–water partition coefficient (Wildman–Crippen LogP) is 1.56. The van der Waals surface area contributed by atoms with Crippen molar-refractivity contribution in [2.24, 2.45) is 0 Å². The van der Waals surface area contributed by atoms with Gasteiger partial charge < -0.3 is 5.73 Å². The Morgan fingerprint density at radius 2 is 2.00 bits per heavy atom. The van der Waals surface area contributed by atoms with Gasteiger partial charge >= 0.3 is 0 Å². The molecule has 0 spiro atoms. The third kappa shape index (κ3) is 1.40. The highest BCUT2D eigenvalue weighted by molar-refractivity contribution is 5.41. The van der Waals surface area contributed by atoms with E-state index in [2.05, 4.69) is 11.2 Å². The minimum atomic E-state index is 0.545. The normalized spacial score (nSPS) is 10.2. The third-order valence-electron chi connectivity index (χ3n) is 1.79. The van der Waals surface area contributed by atoms with E-state index in [-0.39, 0.29) is 0 Å². The fourth-order valence-corrected chi connectivity index (χ4v) is 1.23. The van der Waals surface area contributed by atoms with Crippen molar-refractivity contribution in [2.45, 2.75) is 6.92 Å². The summed E-state index contributed by atoms with van der Waals surface area (Å²) in [5.41, 5.74) is 7.49. The SMILES string of the molecule is Cc1[c]c(N)n(-c2ccccc2)n1. The van der Waals surface area contributed by atoms with Crippen LogP contribution in [0.1, 0.15) is 5.69 Å². The number of aryl methyl sites for hydroxylation is 1. The maximum absolute atomic E-state index is 5.72. The number of nitrogen functional groups attached to an aromatic ring is 1. The molecule has 3 nitrogen and oxygen atoms in total. The minimum absolute atomic E-state index is 0.545. The van der Waals surface area contributed by atoms with Crippen molar-refractivity contribution in [1.82, 2.24) is 9.78 Å². The molecule has 0 aliphatic rings. The molecule has 0 unspecified atom stereocenters. The lowest BCUT2D eigenvalue weighted by molar-refractivity contribution is 0.872. The molecule has 0 aliphatic carbocycles. The number of nitrogens with zero attached hydrogens (tertiary/aromatic N) is 2. The number of hydrogen-bond donors (Lipinski definition) is 1. The van der Waals surface area contributed by atoms with Gasteiger partial charge in [-0.3, -0.25) is 0 Å². The zero-order valence-corrected chi connectivity index (χ0v) is 7.36. The number of anilines is 1. The summed E-state index contributed by atoms with van der Waals surface area (Å²) in [4.78, 5) is 0. The minimum Gasteiger partial charge on any atom is -0.383 e. The highest BCUT2D eigenvalue weighted by atomic mass is 15.3. The number of aromatic nitrogens is 2. The molecule has 0 aliphatic heterocycles. The summed E-state index contributed by atoms with van der Waals surface area (Å²) in [5, 5.41) is 4.22. The lowest BCUT2D eigenvalue weighted by Crippen LogP contribution is -2.01. The predicted molar refractivity (Wildman–Crippen MR) is 51.5 cm³/mol. The molecule has 1 aromatic heterocycles. The zero-order chi connectivity index (χ0) is 9.26. The molecule has 0 atom stereocenters. The number of nitrogens with two attached hydrogens (primary N) is 1. The van der Waals surface area contributed by atoms with E-state index in [0.717, 1.165) is 11.4 Å². The van der Waals surface area contributed by atoms with Gasteiger partial charge in [-0.25, -0.2) is 4.68 Å². The fraction of sp³-hybridized carbons (Fsp3) is 0.100. The van der Waals surface area contributed by atoms with Crippen LogP contribution in [0.5, 0.6) is 0 Å². The molecule has 0 saturated carbocycles. The molecule has 1 heterocycles. The Morgan fingerprint density at radius 3 is 2.54 bits per heavy atom. The van der Waals surface area contributed by atoms with E-state index in [1.807, 2.05) is 37.3 Å². The Hall–Kier alpha value is -1.77. The van der Waals surface area contributed by atoms with E-state index in [9.17, 15) is 0 Å². The highest BCUT2D eigenvalue weighted by Crippen LogP contribution is 2.12. The van der Waals surface area contributed by atoms with Crippen molar-refractivity contribution < 1.29 is 0 Å². The molecule has 0 bridgehead atoms. The van der Waals surface area contributed by atoms with E-state index >= 15 is 0 Å². The lowest BCUT2D eigenvalue weighted by Gasteiger charge is -2.01. The fourth-order valence-electron chi connectivity index (χ4n) is 1.23. The van der Waals surface area contributed by atoms with E-state index in [1.165, 1.54) is 0 Å². The third-order valence-corrected chi connectivity index (χ3v) is 1.79. The molecule has 2 N–H and O–H groups in total. The molecular formula is C10H10N3. The van der Waals surface area contributed by atoms with Crippen molar-refractivity contribution >= 4 is 5.82 Å². The molecule has 2 rings (SSSR count). The van der Waals surface area contributed by atoms with Gasteiger partial charge in [0.1, 0.15) is 5.82 Å². The second-order valence-electron chi connectivity index (χ2n) is 2.84. The van der Waals surface area contributed by atoms with Crippen LogP contribution in [0.25, 0.3) is 5.69 Å². The van der Waals surface area contributed by atoms with Gasteiger partial charge in [0.25, 0.3) is 0 Å². The standard InChI is InChI=1S/C10H10N3/c1-8-7-10(11)13(12-8)9-5-3-2-4-6-9/h2-6H,11H2,1H3. The number of benzene rings is 1. The maximum Gasteiger partial charge on any atom is 0.135 e. The molecule has 0 fully saturated rings. The summed E-state index contributed by atoms with van der Waals surface area (Å²) in [6.07, 6.45) is 0. The summed E-state index contributed by atoms with van der Waals surface area (Å²) in [6, 6.07) is 12.7. The van der Waals surface area contributed by atoms with Crippen LogP contribution in [-0.4, -0.2) is 9.78 Å². The first-order chi connectivity index (χ1) is 6.27. The highest BCUT2D eigenvalue weighted by Gasteiger charge is 2.02. The quantitative estimate of drug-likeness (QED) is 0.709. The Kier molecular flexibility index (Phi) is 1.77. The number of para-hydroxylation sites is 1. The lowest BCUT2D eigenvalue weighted by atomic mass is 10.3. The Balaban J connectivity index is 2.53. The van der Waals surface area contributed by atoms with Crippen molar-refractivity contribution in [3.8, 4) is 5.69 Å². The summed E-state index contributed by atoms with van der Waals surface area (Å²) < 4.78 is 1.68. The topological polar surface area (TPSA) is 43.8 Å². The van der Waals surface area contributed by atoms with Gasteiger partial charge in [0.15, 0.2) is 0 Å². The molecule has 1 radical (unpaired) electrons. The molecule has 13 heavy (non-hydrogen) atoms. The van der Waals surface area contributed by atoms with Crippen LogP contribution < -0.4 is 5.73 Å². The largest absolute Gasteiger partial charge is 0.383 e. The van der Waals surface area contributed by atoms with Gasteiger partial charge in [-0.1, -0.05) is 18.2 Å². The Bertz CT molecular complexity index is 403. The van der Waals surface area contributed by atoms with E-state index in [1.54, 1.807) is 4.68 Å². The van der Waals surface area contributed by atoms with Gasteiger partial charge in [-0.2, -0.15) is 5.10 Å². The van der Waals surface area contributed by atoms with Crippen LogP contribution in [0.2, 0.25) is 0 Å². The Labute approximate surface area is 76.8 Å². The molecule has 0 amide bonds. The first-order valence-corrected chi connectivity index (χ1v) is 4.07. The first kappa shape index (κ1) is 7.86. The Morgan fingerprint density at radius 1 is 1.31 bits per heavy atom. The monoisotopic (exact) mass is 172 g/mol. The molecule has 1 aromatic carbocycles. The van der Waals surface area contributed by atoms with E-state index in [4.69, 9.17) is 5.73 Å². The zero-order valence-electron chi connectivity index (χ0n) is 7.36. The van der Waals surface area contributed by atoms with Gasteiger partial charge in [0.2, 0.25) is 0 Å². The van der Waals surface area contributed by atoms with Crippen LogP contribution in [0.4, 0.5) is 5.82 Å². The maximum atomic E-state index is 5.72. The first-order valence-electron chi connectivity index (χ1n) is 4.07. The summed E-state index contributed by atoms with van der Waals surface area (Å²) in [5.74, 6) is 0.545. The molecule has 2 aromatic rings. The second-order valence-corrected chi connectivity index (χ2v) is 2.84. The van der Waals surface area contributed by atoms with Crippen LogP contribution in [0.3, 0.4) is 0 Å². The van der Waals surface area contributed by atoms with Crippen molar-refractivity contribution in [2.75, 3.05) is 5.73 Å². The van der Waals surface area contributed by atoms with Crippen LogP contribution in [0, 0.1) is 13.0 Å².